The molecule has 0 atom stereocenters. The van der Waals surface area contributed by atoms with Crippen molar-refractivity contribution in [3.63, 3.8) is 0 Å². The zero-order valence-electron chi connectivity index (χ0n) is 10.0. The Bertz CT molecular complexity index is 643. The van der Waals surface area contributed by atoms with E-state index in [0.717, 1.165) is 21.3 Å². The van der Waals surface area contributed by atoms with Crippen molar-refractivity contribution in [3.8, 4) is 0 Å². The Labute approximate surface area is 123 Å². The van der Waals surface area contributed by atoms with Gasteiger partial charge in [-0.1, -0.05) is 11.6 Å². The van der Waals surface area contributed by atoms with E-state index in [1.807, 2.05) is 35.6 Å². The first-order chi connectivity index (χ1) is 8.97. The first kappa shape index (κ1) is 13.9. The summed E-state index contributed by atoms with van der Waals surface area (Å²) in [5.41, 5.74) is 1.45. The number of hydrogen-bond acceptors (Lipinski definition) is 1. The Morgan fingerprint density at radius 3 is 2.53 bits per heavy atom. The number of hydrogen-bond donors (Lipinski definition) is 1. The molecule has 5 heteroatoms. The van der Waals surface area contributed by atoms with Crippen LogP contribution < -0.4 is 5.32 Å². The molecule has 98 valence electrons. The molecule has 2 aromatic carbocycles. The summed E-state index contributed by atoms with van der Waals surface area (Å²) >= 11 is 2.04. The van der Waals surface area contributed by atoms with E-state index < -0.39 is 17.5 Å². The normalized spacial score (nSPS) is 10.3. The number of aryl methyl sites for hydroxylation is 1. The van der Waals surface area contributed by atoms with Crippen LogP contribution in [0.5, 0.6) is 0 Å². The van der Waals surface area contributed by atoms with Crippen LogP contribution in [0.15, 0.2) is 36.4 Å². The number of carbonyl (C=O) groups excluding carboxylic acids is 1. The van der Waals surface area contributed by atoms with Crippen molar-refractivity contribution < 1.29 is 13.6 Å². The van der Waals surface area contributed by atoms with Gasteiger partial charge in [0.05, 0.1) is 11.3 Å². The lowest BCUT2D eigenvalue weighted by molar-refractivity contribution is 0.102. The highest BCUT2D eigenvalue weighted by molar-refractivity contribution is 14.1. The minimum atomic E-state index is -0.796. The summed E-state index contributed by atoms with van der Waals surface area (Å²) in [6.07, 6.45) is 0. The molecule has 0 aliphatic carbocycles. The second-order valence-electron chi connectivity index (χ2n) is 4.06. The number of benzene rings is 2. The van der Waals surface area contributed by atoms with Crippen molar-refractivity contribution in [1.82, 2.24) is 0 Å². The van der Waals surface area contributed by atoms with Gasteiger partial charge in [-0.2, -0.15) is 0 Å². The maximum atomic E-state index is 13.4. The molecule has 0 bridgehead atoms. The summed E-state index contributed by atoms with van der Waals surface area (Å²) in [5.74, 6) is -1.90. The molecule has 2 nitrogen and oxygen atoms in total. The lowest BCUT2D eigenvalue weighted by Gasteiger charge is -2.08. The number of halogens is 3. The van der Waals surface area contributed by atoms with Gasteiger partial charge in [-0.05, 0) is 53.8 Å². The highest BCUT2D eigenvalue weighted by atomic mass is 127. The summed E-state index contributed by atoms with van der Waals surface area (Å²) in [4.78, 5) is 12.0. The molecule has 2 rings (SSSR count). The maximum absolute atomic E-state index is 13.4. The molecule has 0 aliphatic rings. The van der Waals surface area contributed by atoms with Crippen LogP contribution >= 0.6 is 22.6 Å². The monoisotopic (exact) mass is 373 g/mol. The van der Waals surface area contributed by atoms with Gasteiger partial charge in [-0.3, -0.25) is 4.79 Å². The highest BCUT2D eigenvalue weighted by Crippen LogP contribution is 2.19. The molecule has 0 spiro atoms. The second kappa shape index (κ2) is 5.64. The van der Waals surface area contributed by atoms with Crippen molar-refractivity contribution in [2.75, 3.05) is 5.32 Å². The molecule has 1 amide bonds. The number of anilines is 1. The second-order valence-corrected chi connectivity index (χ2v) is 5.22. The Balaban J connectivity index is 2.25. The lowest BCUT2D eigenvalue weighted by Crippen LogP contribution is -2.14. The standard InChI is InChI=1S/C14H10F2INO/c1-8-2-4-10(12(17)6-8)14(19)18-13-5-3-9(15)7-11(13)16/h2-7H,1H3,(H,18,19). The fourth-order valence-electron chi connectivity index (χ4n) is 1.58. The molecule has 0 radical (unpaired) electrons. The summed E-state index contributed by atoms with van der Waals surface area (Å²) in [7, 11) is 0. The van der Waals surface area contributed by atoms with Gasteiger partial charge < -0.3 is 5.32 Å². The Kier molecular flexibility index (Phi) is 4.14. The average molecular weight is 373 g/mol. The van der Waals surface area contributed by atoms with Crippen LogP contribution in [-0.2, 0) is 0 Å². The molecule has 0 saturated carbocycles. The minimum absolute atomic E-state index is 0.0391. The van der Waals surface area contributed by atoms with Crippen molar-refractivity contribution in [3.05, 3.63) is 62.7 Å². The van der Waals surface area contributed by atoms with E-state index in [0.29, 0.717) is 5.56 Å². The van der Waals surface area contributed by atoms with Gasteiger partial charge in [0.2, 0.25) is 0 Å². The van der Waals surface area contributed by atoms with E-state index >= 15 is 0 Å². The van der Waals surface area contributed by atoms with Gasteiger partial charge in [0.1, 0.15) is 11.6 Å². The summed E-state index contributed by atoms with van der Waals surface area (Å²) in [6, 6.07) is 8.36. The maximum Gasteiger partial charge on any atom is 0.256 e. The van der Waals surface area contributed by atoms with Gasteiger partial charge in [-0.25, -0.2) is 8.78 Å². The lowest BCUT2D eigenvalue weighted by atomic mass is 10.1. The van der Waals surface area contributed by atoms with Crippen LogP contribution in [0.2, 0.25) is 0 Å². The van der Waals surface area contributed by atoms with Crippen LogP contribution in [0.4, 0.5) is 14.5 Å². The van der Waals surface area contributed by atoms with E-state index in [1.165, 1.54) is 6.07 Å². The molecule has 0 unspecified atom stereocenters. The Morgan fingerprint density at radius 1 is 1.16 bits per heavy atom. The third-order valence-electron chi connectivity index (χ3n) is 2.55. The number of nitrogens with one attached hydrogen (secondary N) is 1. The molecule has 19 heavy (non-hydrogen) atoms. The zero-order chi connectivity index (χ0) is 14.0. The van der Waals surface area contributed by atoms with Crippen LogP contribution in [0.3, 0.4) is 0 Å². The van der Waals surface area contributed by atoms with Crippen LogP contribution in [0.25, 0.3) is 0 Å². The summed E-state index contributed by atoms with van der Waals surface area (Å²) in [6.45, 7) is 1.92. The molecule has 0 heterocycles. The van der Waals surface area contributed by atoms with Crippen LogP contribution in [0, 0.1) is 22.1 Å². The molecule has 0 saturated heterocycles. The Morgan fingerprint density at radius 2 is 1.89 bits per heavy atom. The topological polar surface area (TPSA) is 29.1 Å². The van der Waals surface area contributed by atoms with Crippen molar-refractivity contribution in [2.45, 2.75) is 6.92 Å². The summed E-state index contributed by atoms with van der Waals surface area (Å²) < 4.78 is 27.0. The molecule has 2 aromatic rings. The average Bonchev–Trinajstić information content (AvgIpc) is 2.32. The van der Waals surface area contributed by atoms with Crippen LogP contribution in [0.1, 0.15) is 15.9 Å². The first-order valence-corrected chi connectivity index (χ1v) is 6.58. The SMILES string of the molecule is Cc1ccc(C(=O)Nc2ccc(F)cc2F)c(I)c1. The fourth-order valence-corrected chi connectivity index (χ4v) is 2.50. The van der Waals surface area contributed by atoms with Crippen molar-refractivity contribution in [2.24, 2.45) is 0 Å². The molecule has 0 aliphatic heterocycles. The number of amides is 1. The predicted octanol–water partition coefficient (Wildman–Crippen LogP) is 4.13. The van der Waals surface area contributed by atoms with Gasteiger partial charge in [0, 0.05) is 9.64 Å². The highest BCUT2D eigenvalue weighted by Gasteiger charge is 2.12. The van der Waals surface area contributed by atoms with Gasteiger partial charge in [0.15, 0.2) is 0 Å². The predicted molar refractivity (Wildman–Crippen MR) is 78.2 cm³/mol. The minimum Gasteiger partial charge on any atom is -0.319 e. The zero-order valence-corrected chi connectivity index (χ0v) is 12.2. The van der Waals surface area contributed by atoms with Crippen LogP contribution in [-0.4, -0.2) is 5.91 Å². The van der Waals surface area contributed by atoms with Gasteiger partial charge in [0.25, 0.3) is 5.91 Å². The smallest absolute Gasteiger partial charge is 0.256 e. The number of carbonyl (C=O) groups is 1. The van der Waals surface area contributed by atoms with Gasteiger partial charge in [-0.15, -0.1) is 0 Å². The van der Waals surface area contributed by atoms with Crippen molar-refractivity contribution in [1.29, 1.82) is 0 Å². The molecular weight excluding hydrogens is 363 g/mol. The van der Waals surface area contributed by atoms with Crippen molar-refractivity contribution >= 4 is 34.2 Å². The van der Waals surface area contributed by atoms with Gasteiger partial charge >= 0.3 is 0 Å². The Hall–Kier alpha value is -1.50. The van der Waals surface area contributed by atoms with E-state index in [2.05, 4.69) is 5.32 Å². The van der Waals surface area contributed by atoms with E-state index in [4.69, 9.17) is 0 Å². The fraction of sp³-hybridized carbons (Fsp3) is 0.0714. The molecule has 1 N–H and O–H groups in total. The van der Waals surface area contributed by atoms with E-state index in [1.54, 1.807) is 12.1 Å². The largest absolute Gasteiger partial charge is 0.319 e. The quantitative estimate of drug-likeness (QED) is 0.789. The summed E-state index contributed by atoms with van der Waals surface area (Å²) in [5, 5.41) is 2.43. The molecule has 0 aromatic heterocycles. The third-order valence-corrected chi connectivity index (χ3v) is 3.44. The van der Waals surface area contributed by atoms with E-state index in [-0.39, 0.29) is 5.69 Å². The molecule has 0 fully saturated rings. The number of rotatable bonds is 2. The molecular formula is C14H10F2INO. The van der Waals surface area contributed by atoms with E-state index in [9.17, 15) is 13.6 Å². The first-order valence-electron chi connectivity index (χ1n) is 5.50. The third kappa shape index (κ3) is 3.28.